The van der Waals surface area contributed by atoms with Crippen LogP contribution in [0.15, 0.2) is 18.2 Å². The third kappa shape index (κ3) is 4.50. The number of carboxylic acid groups (broad SMARTS) is 1. The Labute approximate surface area is 72.9 Å². The summed E-state index contributed by atoms with van der Waals surface area (Å²) in [4.78, 5) is 8.36. The second-order valence-electron chi connectivity index (χ2n) is 2.77. The van der Waals surface area contributed by atoms with Gasteiger partial charge in [0.2, 0.25) is 0 Å². The normalized spacial score (nSPS) is 8.25. The second-order valence-corrected chi connectivity index (χ2v) is 2.77. The van der Waals surface area contributed by atoms with E-state index in [1.807, 2.05) is 0 Å². The van der Waals surface area contributed by atoms with E-state index in [9.17, 15) is 0 Å². The highest BCUT2D eigenvalue weighted by molar-refractivity contribution is 5.32. The molecule has 0 saturated heterocycles. The van der Waals surface area contributed by atoms with Gasteiger partial charge < -0.3 is 5.11 Å². The minimum absolute atomic E-state index is 0.250. The molecule has 12 heavy (non-hydrogen) atoms. The lowest BCUT2D eigenvalue weighted by Crippen LogP contribution is -1.78. The van der Waals surface area contributed by atoms with Crippen molar-refractivity contribution >= 4 is 6.47 Å². The molecule has 1 rings (SSSR count). The van der Waals surface area contributed by atoms with Gasteiger partial charge in [-0.2, -0.15) is 0 Å². The smallest absolute Gasteiger partial charge is 0.290 e. The number of rotatable bonds is 0. The van der Waals surface area contributed by atoms with E-state index in [0.29, 0.717) is 0 Å². The zero-order valence-electron chi connectivity index (χ0n) is 7.66. The van der Waals surface area contributed by atoms with Gasteiger partial charge in [0.1, 0.15) is 0 Å². The van der Waals surface area contributed by atoms with E-state index in [4.69, 9.17) is 9.90 Å². The summed E-state index contributed by atoms with van der Waals surface area (Å²) in [7, 11) is 0. The Morgan fingerprint density at radius 1 is 1.00 bits per heavy atom. The van der Waals surface area contributed by atoms with Gasteiger partial charge in [0.25, 0.3) is 6.47 Å². The van der Waals surface area contributed by atoms with Crippen LogP contribution in [-0.4, -0.2) is 11.6 Å². The molecule has 0 fully saturated rings. The summed E-state index contributed by atoms with van der Waals surface area (Å²) >= 11 is 0. The van der Waals surface area contributed by atoms with Crippen molar-refractivity contribution in [3.05, 3.63) is 34.9 Å². The first kappa shape index (κ1) is 10.7. The molecule has 0 aromatic heterocycles. The topological polar surface area (TPSA) is 37.3 Å². The molecule has 0 saturated carbocycles. The fraction of sp³-hybridized carbons (Fsp3) is 0.300. The minimum Gasteiger partial charge on any atom is -0.483 e. The molecular weight excluding hydrogens is 152 g/mol. The Hall–Kier alpha value is -1.31. The van der Waals surface area contributed by atoms with Crippen LogP contribution in [0.3, 0.4) is 0 Å². The number of carbonyl (C=O) groups is 1. The number of hydrogen-bond acceptors (Lipinski definition) is 1. The maximum atomic E-state index is 8.36. The lowest BCUT2D eigenvalue weighted by Gasteiger charge is -1.96. The zero-order valence-corrected chi connectivity index (χ0v) is 7.66. The fourth-order valence-electron chi connectivity index (χ4n) is 1.20. The molecule has 1 N–H and O–H groups in total. The highest BCUT2D eigenvalue weighted by Crippen LogP contribution is 2.06. The molecule has 0 radical (unpaired) electrons. The van der Waals surface area contributed by atoms with Crippen molar-refractivity contribution in [1.29, 1.82) is 0 Å². The average Bonchev–Trinajstić information content (AvgIpc) is 1.84. The van der Waals surface area contributed by atoms with Crippen molar-refractivity contribution in [3.8, 4) is 0 Å². The summed E-state index contributed by atoms with van der Waals surface area (Å²) in [6.07, 6.45) is 0. The molecule has 0 aliphatic rings. The van der Waals surface area contributed by atoms with Gasteiger partial charge in [-0.1, -0.05) is 34.9 Å². The quantitative estimate of drug-likeness (QED) is 0.600. The summed E-state index contributed by atoms with van der Waals surface area (Å²) in [5, 5.41) is 6.89. The second kappa shape index (κ2) is 5.35. The monoisotopic (exact) mass is 166 g/mol. The van der Waals surface area contributed by atoms with E-state index in [1.54, 1.807) is 0 Å². The van der Waals surface area contributed by atoms with Crippen LogP contribution < -0.4 is 0 Å². The zero-order chi connectivity index (χ0) is 9.56. The molecule has 1 aromatic rings. The maximum absolute atomic E-state index is 8.36. The molecule has 2 nitrogen and oxygen atoms in total. The van der Waals surface area contributed by atoms with Gasteiger partial charge in [0.15, 0.2) is 0 Å². The van der Waals surface area contributed by atoms with Gasteiger partial charge in [-0.05, 0) is 20.8 Å². The molecule has 0 aliphatic carbocycles. The Morgan fingerprint density at radius 2 is 1.17 bits per heavy atom. The van der Waals surface area contributed by atoms with E-state index in [0.717, 1.165) is 0 Å². The molecule has 0 aliphatic heterocycles. The molecule has 0 heterocycles. The van der Waals surface area contributed by atoms with Crippen molar-refractivity contribution < 1.29 is 9.90 Å². The van der Waals surface area contributed by atoms with Crippen LogP contribution in [-0.2, 0) is 4.79 Å². The van der Waals surface area contributed by atoms with E-state index >= 15 is 0 Å². The largest absolute Gasteiger partial charge is 0.483 e. The molecule has 0 unspecified atom stereocenters. The average molecular weight is 166 g/mol. The third-order valence-corrected chi connectivity index (χ3v) is 1.37. The van der Waals surface area contributed by atoms with Crippen LogP contribution in [0, 0.1) is 20.8 Å². The summed E-state index contributed by atoms with van der Waals surface area (Å²) in [5.41, 5.74) is 4.06. The van der Waals surface area contributed by atoms with Gasteiger partial charge >= 0.3 is 0 Å². The molecule has 0 atom stereocenters. The Balaban J connectivity index is 0.000000354. The van der Waals surface area contributed by atoms with Gasteiger partial charge in [-0.25, -0.2) is 0 Å². The minimum atomic E-state index is -0.250. The first-order valence-corrected chi connectivity index (χ1v) is 3.73. The first-order valence-electron chi connectivity index (χ1n) is 3.73. The van der Waals surface area contributed by atoms with Crippen molar-refractivity contribution in [2.45, 2.75) is 20.8 Å². The third-order valence-electron chi connectivity index (χ3n) is 1.37. The summed E-state index contributed by atoms with van der Waals surface area (Å²) in [6, 6.07) is 6.56. The van der Waals surface area contributed by atoms with Crippen molar-refractivity contribution in [2.75, 3.05) is 0 Å². The highest BCUT2D eigenvalue weighted by atomic mass is 16.3. The summed E-state index contributed by atoms with van der Waals surface area (Å²) in [6.45, 7) is 6.12. The lowest BCUT2D eigenvalue weighted by molar-refractivity contribution is -0.122. The molecule has 2 heteroatoms. The first-order chi connectivity index (χ1) is 5.60. The van der Waals surface area contributed by atoms with Crippen molar-refractivity contribution in [2.24, 2.45) is 0 Å². The van der Waals surface area contributed by atoms with Crippen molar-refractivity contribution in [3.63, 3.8) is 0 Å². The van der Waals surface area contributed by atoms with Gasteiger partial charge in [0.05, 0.1) is 0 Å². The number of aryl methyl sites for hydroxylation is 3. The summed E-state index contributed by atoms with van der Waals surface area (Å²) < 4.78 is 0. The van der Waals surface area contributed by atoms with Gasteiger partial charge in [-0.3, -0.25) is 4.79 Å². The molecule has 0 bridgehead atoms. The standard InChI is InChI=1S/C9H12.CH2O2/c1-7-4-8(2)6-9(3)5-7;2-1-3/h4-6H,1-3H3;1H,(H,2,3). The van der Waals surface area contributed by atoms with Crippen molar-refractivity contribution in [1.82, 2.24) is 0 Å². The summed E-state index contributed by atoms with van der Waals surface area (Å²) in [5.74, 6) is 0. The van der Waals surface area contributed by atoms with E-state index in [2.05, 4.69) is 39.0 Å². The van der Waals surface area contributed by atoms with Crippen LogP contribution in [0.5, 0.6) is 0 Å². The molecule has 0 spiro atoms. The predicted octanol–water partition coefficient (Wildman–Crippen LogP) is 2.31. The van der Waals surface area contributed by atoms with Crippen LogP contribution >= 0.6 is 0 Å². The van der Waals surface area contributed by atoms with Gasteiger partial charge in [-0.15, -0.1) is 0 Å². The molecule has 66 valence electrons. The highest BCUT2D eigenvalue weighted by Gasteiger charge is 1.87. The Kier molecular flexibility index (Phi) is 4.77. The van der Waals surface area contributed by atoms with Crippen LogP contribution in [0.25, 0.3) is 0 Å². The lowest BCUT2D eigenvalue weighted by atomic mass is 10.1. The number of hydrogen-bond donors (Lipinski definition) is 1. The SMILES string of the molecule is Cc1cc(C)cc(C)c1.O=CO. The van der Waals surface area contributed by atoms with Crippen LogP contribution in [0.2, 0.25) is 0 Å². The number of benzene rings is 1. The van der Waals surface area contributed by atoms with E-state index in [1.165, 1.54) is 16.7 Å². The van der Waals surface area contributed by atoms with E-state index in [-0.39, 0.29) is 6.47 Å². The molecule has 1 aromatic carbocycles. The van der Waals surface area contributed by atoms with E-state index < -0.39 is 0 Å². The Bertz CT molecular complexity index is 204. The predicted molar refractivity (Wildman–Crippen MR) is 49.3 cm³/mol. The van der Waals surface area contributed by atoms with Crippen LogP contribution in [0.4, 0.5) is 0 Å². The molecule has 0 amide bonds. The Morgan fingerprint density at radius 3 is 1.33 bits per heavy atom. The fourth-order valence-corrected chi connectivity index (χ4v) is 1.20. The molecular formula is C10H14O2. The van der Waals surface area contributed by atoms with Gasteiger partial charge in [0, 0.05) is 0 Å². The maximum Gasteiger partial charge on any atom is 0.290 e. The van der Waals surface area contributed by atoms with Crippen LogP contribution in [0.1, 0.15) is 16.7 Å².